The molecule has 2 rings (SSSR count). The van der Waals surface area contributed by atoms with Gasteiger partial charge in [-0.05, 0) is 38.8 Å². The molecule has 1 unspecified atom stereocenters. The normalized spacial score (nSPS) is 24.5. The van der Waals surface area contributed by atoms with Gasteiger partial charge in [0, 0.05) is 26.2 Å². The van der Waals surface area contributed by atoms with E-state index in [0.29, 0.717) is 12.5 Å². The Kier molecular flexibility index (Phi) is 3.99. The van der Waals surface area contributed by atoms with Crippen LogP contribution in [0.2, 0.25) is 0 Å². The number of hydrogen-bond acceptors (Lipinski definition) is 3. The summed E-state index contributed by atoms with van der Waals surface area (Å²) in [6.45, 7) is 7.28. The molecule has 2 amide bonds. The van der Waals surface area contributed by atoms with Crippen molar-refractivity contribution in [2.24, 2.45) is 5.92 Å². The molecule has 0 aromatic rings. The third-order valence-electron chi connectivity index (χ3n) is 3.57. The number of rotatable bonds is 3. The fraction of sp³-hybridized carbons (Fsp3) is 0.833. The molecule has 2 saturated heterocycles. The zero-order valence-corrected chi connectivity index (χ0v) is 10.4. The van der Waals surface area contributed by atoms with E-state index in [1.807, 2.05) is 6.92 Å². The zero-order chi connectivity index (χ0) is 12.3. The first-order valence-electron chi connectivity index (χ1n) is 6.50. The molecule has 2 heterocycles. The van der Waals surface area contributed by atoms with Crippen LogP contribution >= 0.6 is 0 Å². The number of likely N-dealkylation sites (N-methyl/N-ethyl adjacent to an activating group) is 1. The molecule has 96 valence electrons. The molecule has 5 nitrogen and oxygen atoms in total. The van der Waals surface area contributed by atoms with Crippen LogP contribution in [0.5, 0.6) is 0 Å². The quantitative estimate of drug-likeness (QED) is 0.687. The number of hydrogen-bond donors (Lipinski definition) is 1. The number of nitrogens with one attached hydrogen (secondary N) is 1. The van der Waals surface area contributed by atoms with Gasteiger partial charge in [0.1, 0.15) is 0 Å². The van der Waals surface area contributed by atoms with Gasteiger partial charge in [-0.3, -0.25) is 9.59 Å². The van der Waals surface area contributed by atoms with Gasteiger partial charge in [-0.25, -0.2) is 0 Å². The maximum atomic E-state index is 11.8. The zero-order valence-electron chi connectivity index (χ0n) is 10.4. The Bertz CT molecular complexity index is 302. The predicted octanol–water partition coefficient (Wildman–Crippen LogP) is -0.323. The minimum absolute atomic E-state index is 0.363. The summed E-state index contributed by atoms with van der Waals surface area (Å²) in [4.78, 5) is 27.3. The highest BCUT2D eigenvalue weighted by molar-refractivity contribution is 6.35. The fourth-order valence-corrected chi connectivity index (χ4v) is 2.48. The molecule has 17 heavy (non-hydrogen) atoms. The molecule has 2 fully saturated rings. The largest absolute Gasteiger partial charge is 0.348 e. The molecule has 1 N–H and O–H groups in total. The van der Waals surface area contributed by atoms with Crippen LogP contribution in [0, 0.1) is 5.92 Å². The minimum atomic E-state index is -0.461. The van der Waals surface area contributed by atoms with E-state index in [2.05, 4.69) is 10.2 Å². The lowest BCUT2D eigenvalue weighted by Crippen LogP contribution is -2.43. The summed E-state index contributed by atoms with van der Waals surface area (Å²) in [7, 11) is 0. The fourth-order valence-electron chi connectivity index (χ4n) is 2.48. The molecular weight excluding hydrogens is 218 g/mol. The molecule has 0 spiro atoms. The van der Waals surface area contributed by atoms with Crippen molar-refractivity contribution in [3.63, 3.8) is 0 Å². The first kappa shape index (κ1) is 12.4. The third-order valence-corrected chi connectivity index (χ3v) is 3.57. The molecule has 0 bridgehead atoms. The maximum Gasteiger partial charge on any atom is 0.311 e. The van der Waals surface area contributed by atoms with Gasteiger partial charge in [-0.2, -0.15) is 0 Å². The van der Waals surface area contributed by atoms with E-state index in [-0.39, 0.29) is 5.91 Å². The number of amides is 2. The van der Waals surface area contributed by atoms with E-state index < -0.39 is 5.91 Å². The molecule has 5 heteroatoms. The highest BCUT2D eigenvalue weighted by Gasteiger charge is 2.31. The smallest absolute Gasteiger partial charge is 0.311 e. The summed E-state index contributed by atoms with van der Waals surface area (Å²) in [6, 6.07) is 0. The van der Waals surface area contributed by atoms with Crippen molar-refractivity contribution >= 4 is 11.8 Å². The molecule has 0 radical (unpaired) electrons. The summed E-state index contributed by atoms with van der Waals surface area (Å²) in [5.41, 5.74) is 0. The Morgan fingerprint density at radius 3 is 2.65 bits per heavy atom. The summed E-state index contributed by atoms with van der Waals surface area (Å²) in [6.07, 6.45) is 2.33. The molecule has 2 aliphatic heterocycles. The number of carbonyl (C=O) groups is 2. The van der Waals surface area contributed by atoms with E-state index in [9.17, 15) is 9.59 Å². The van der Waals surface area contributed by atoms with Crippen LogP contribution in [-0.4, -0.2) is 60.9 Å². The van der Waals surface area contributed by atoms with Gasteiger partial charge in [0.2, 0.25) is 0 Å². The van der Waals surface area contributed by atoms with Gasteiger partial charge < -0.3 is 15.1 Å². The second-order valence-electron chi connectivity index (χ2n) is 4.92. The van der Waals surface area contributed by atoms with E-state index in [0.717, 1.165) is 26.1 Å². The van der Waals surface area contributed by atoms with Crippen LogP contribution in [-0.2, 0) is 9.59 Å². The van der Waals surface area contributed by atoms with E-state index in [1.165, 1.54) is 19.5 Å². The molecule has 0 aliphatic carbocycles. The maximum absolute atomic E-state index is 11.8. The Hall–Kier alpha value is -1.10. The van der Waals surface area contributed by atoms with Crippen molar-refractivity contribution in [2.75, 3.05) is 39.3 Å². The first-order chi connectivity index (χ1) is 8.20. The average Bonchev–Trinajstić information content (AvgIpc) is 2.71. The third kappa shape index (κ3) is 2.97. The van der Waals surface area contributed by atoms with Crippen molar-refractivity contribution in [2.45, 2.75) is 19.8 Å². The molecular formula is C12H21N3O2. The molecule has 0 aromatic heterocycles. The van der Waals surface area contributed by atoms with Crippen LogP contribution in [0.3, 0.4) is 0 Å². The van der Waals surface area contributed by atoms with Crippen molar-refractivity contribution < 1.29 is 9.59 Å². The Morgan fingerprint density at radius 1 is 1.29 bits per heavy atom. The monoisotopic (exact) mass is 239 g/mol. The van der Waals surface area contributed by atoms with Crippen molar-refractivity contribution in [1.29, 1.82) is 0 Å². The Morgan fingerprint density at radius 2 is 2.06 bits per heavy atom. The highest BCUT2D eigenvalue weighted by atomic mass is 16.2. The first-order valence-corrected chi connectivity index (χ1v) is 6.50. The van der Waals surface area contributed by atoms with Gasteiger partial charge in [0.25, 0.3) is 0 Å². The summed E-state index contributed by atoms with van der Waals surface area (Å²) >= 11 is 0. The van der Waals surface area contributed by atoms with Crippen LogP contribution in [0.25, 0.3) is 0 Å². The van der Waals surface area contributed by atoms with Crippen molar-refractivity contribution in [3.05, 3.63) is 0 Å². The minimum Gasteiger partial charge on any atom is -0.348 e. The van der Waals surface area contributed by atoms with Crippen molar-refractivity contribution in [1.82, 2.24) is 15.1 Å². The SMILES string of the molecule is CCNC(=O)C(=O)N1CCC(CN2CCC2)C1. The van der Waals surface area contributed by atoms with E-state index in [1.54, 1.807) is 4.90 Å². The van der Waals surface area contributed by atoms with E-state index >= 15 is 0 Å². The van der Waals surface area contributed by atoms with Gasteiger partial charge in [-0.1, -0.05) is 0 Å². The van der Waals surface area contributed by atoms with Gasteiger partial charge in [0.15, 0.2) is 0 Å². The summed E-state index contributed by atoms with van der Waals surface area (Å²) < 4.78 is 0. The Balaban J connectivity index is 1.76. The molecule has 2 aliphatic rings. The van der Waals surface area contributed by atoms with Crippen LogP contribution < -0.4 is 5.32 Å². The van der Waals surface area contributed by atoms with Gasteiger partial charge in [0.05, 0.1) is 0 Å². The summed E-state index contributed by atoms with van der Waals surface area (Å²) in [5, 5.41) is 2.56. The van der Waals surface area contributed by atoms with Crippen molar-refractivity contribution in [3.8, 4) is 0 Å². The van der Waals surface area contributed by atoms with Gasteiger partial charge >= 0.3 is 11.8 Å². The second kappa shape index (κ2) is 5.49. The topological polar surface area (TPSA) is 52.7 Å². The Labute approximate surface area is 102 Å². The number of carbonyl (C=O) groups excluding carboxylic acids is 2. The van der Waals surface area contributed by atoms with E-state index in [4.69, 9.17) is 0 Å². The molecule has 0 saturated carbocycles. The van der Waals surface area contributed by atoms with Crippen LogP contribution in [0.4, 0.5) is 0 Å². The second-order valence-corrected chi connectivity index (χ2v) is 4.92. The van der Waals surface area contributed by atoms with Crippen LogP contribution in [0.1, 0.15) is 19.8 Å². The lowest BCUT2D eigenvalue weighted by Gasteiger charge is -2.32. The lowest BCUT2D eigenvalue weighted by molar-refractivity contribution is -0.145. The number of likely N-dealkylation sites (tertiary alicyclic amines) is 2. The molecule has 0 aromatic carbocycles. The summed E-state index contributed by atoms with van der Waals surface area (Å²) in [5.74, 6) is -0.274. The standard InChI is InChI=1S/C12H21N3O2/c1-2-13-11(16)12(17)15-7-4-10(9-15)8-14-5-3-6-14/h10H,2-9H2,1H3,(H,13,16). The number of nitrogens with zero attached hydrogens (tertiary/aromatic N) is 2. The predicted molar refractivity (Wildman–Crippen MR) is 64.4 cm³/mol. The van der Waals surface area contributed by atoms with Gasteiger partial charge in [-0.15, -0.1) is 0 Å². The molecule has 1 atom stereocenters. The highest BCUT2D eigenvalue weighted by Crippen LogP contribution is 2.19. The lowest BCUT2D eigenvalue weighted by atomic mass is 10.1. The average molecular weight is 239 g/mol. The van der Waals surface area contributed by atoms with Crippen LogP contribution in [0.15, 0.2) is 0 Å².